The molecule has 6 rings (SSSR count). The number of hydrogen-bond acceptors (Lipinski definition) is 9. The molecule has 3 aromatic heterocycles. The first-order valence-corrected chi connectivity index (χ1v) is 12.2. The number of fused-ring (bicyclic) bond motifs is 3. The number of anilines is 3. The Hall–Kier alpha value is -2.56. The summed E-state index contributed by atoms with van der Waals surface area (Å²) in [5.41, 5.74) is 2.15. The minimum atomic E-state index is 0.151. The summed E-state index contributed by atoms with van der Waals surface area (Å²) in [7, 11) is 0. The van der Waals surface area contributed by atoms with Crippen molar-refractivity contribution in [2.24, 2.45) is 0 Å². The van der Waals surface area contributed by atoms with Gasteiger partial charge in [-0.25, -0.2) is 4.98 Å². The van der Waals surface area contributed by atoms with E-state index in [9.17, 15) is 4.79 Å². The summed E-state index contributed by atoms with van der Waals surface area (Å²) in [5, 5.41) is 13.1. The molecular formula is C22H27N7O2S. The van der Waals surface area contributed by atoms with Crippen LogP contribution in [0.3, 0.4) is 0 Å². The van der Waals surface area contributed by atoms with Crippen molar-refractivity contribution in [3.8, 4) is 0 Å². The summed E-state index contributed by atoms with van der Waals surface area (Å²) >= 11 is 1.64. The van der Waals surface area contributed by atoms with Crippen LogP contribution in [0, 0.1) is 0 Å². The number of nitrogens with one attached hydrogen (secondary N) is 2. The lowest BCUT2D eigenvalue weighted by atomic mass is 10.2. The summed E-state index contributed by atoms with van der Waals surface area (Å²) in [4.78, 5) is 26.5. The zero-order valence-electron chi connectivity index (χ0n) is 18.1. The minimum absolute atomic E-state index is 0.151. The third kappa shape index (κ3) is 3.76. The van der Waals surface area contributed by atoms with Gasteiger partial charge < -0.3 is 15.0 Å². The molecule has 0 radical (unpaired) electrons. The summed E-state index contributed by atoms with van der Waals surface area (Å²) in [5.74, 6) is 3.14. The molecule has 2 aliphatic heterocycles. The number of carbonyl (C=O) groups is 1. The zero-order chi connectivity index (χ0) is 21.7. The predicted molar refractivity (Wildman–Crippen MR) is 124 cm³/mol. The van der Waals surface area contributed by atoms with Gasteiger partial charge in [-0.2, -0.15) is 10.1 Å². The van der Waals surface area contributed by atoms with Crippen molar-refractivity contribution in [3.63, 3.8) is 0 Å². The number of nitrogens with zero attached hydrogens (tertiary/aromatic N) is 5. The highest BCUT2D eigenvalue weighted by atomic mass is 32.1. The van der Waals surface area contributed by atoms with Gasteiger partial charge in [-0.1, -0.05) is 0 Å². The lowest BCUT2D eigenvalue weighted by Crippen LogP contribution is -2.48. The average molecular weight is 454 g/mol. The summed E-state index contributed by atoms with van der Waals surface area (Å²) in [6.45, 7) is 4.86. The molecule has 1 saturated carbocycles. The average Bonchev–Trinajstić information content (AvgIpc) is 3.17. The number of ether oxygens (including phenoxy) is 1. The highest BCUT2D eigenvalue weighted by Gasteiger charge is 2.44. The van der Waals surface area contributed by atoms with Crippen LogP contribution in [-0.2, 0) is 9.53 Å². The number of likely N-dealkylation sites (tertiary alicyclic amines) is 1. The molecule has 32 heavy (non-hydrogen) atoms. The van der Waals surface area contributed by atoms with Crippen molar-refractivity contribution in [1.29, 1.82) is 0 Å². The fraction of sp³-hybridized carbons (Fsp3) is 0.545. The van der Waals surface area contributed by atoms with Gasteiger partial charge in [-0.05, 0) is 37.6 Å². The van der Waals surface area contributed by atoms with Crippen molar-refractivity contribution < 1.29 is 9.53 Å². The fourth-order valence-corrected chi connectivity index (χ4v) is 5.64. The maximum absolute atomic E-state index is 12.1. The van der Waals surface area contributed by atoms with Crippen LogP contribution in [0.1, 0.15) is 37.8 Å². The van der Waals surface area contributed by atoms with Crippen molar-refractivity contribution >= 4 is 44.9 Å². The molecule has 2 N–H and O–H groups in total. The van der Waals surface area contributed by atoms with Crippen molar-refractivity contribution in [2.75, 3.05) is 43.1 Å². The number of aromatic amines is 1. The topological polar surface area (TPSA) is 99.3 Å². The molecule has 3 aliphatic rings. The first-order chi connectivity index (χ1) is 15.7. The zero-order valence-corrected chi connectivity index (χ0v) is 18.9. The van der Waals surface area contributed by atoms with Crippen LogP contribution in [-0.4, -0.2) is 75.8 Å². The molecule has 2 bridgehead atoms. The highest BCUT2D eigenvalue weighted by Crippen LogP contribution is 2.40. The Kier molecular flexibility index (Phi) is 5.08. The van der Waals surface area contributed by atoms with E-state index in [1.54, 1.807) is 11.3 Å². The van der Waals surface area contributed by atoms with Gasteiger partial charge in [0.05, 0.1) is 16.8 Å². The lowest BCUT2D eigenvalue weighted by Gasteiger charge is -2.34. The Morgan fingerprint density at radius 2 is 2.22 bits per heavy atom. The predicted octanol–water partition coefficient (Wildman–Crippen LogP) is 2.90. The smallest absolute Gasteiger partial charge is 0.228 e. The summed E-state index contributed by atoms with van der Waals surface area (Å²) < 4.78 is 6.31. The molecule has 0 unspecified atom stereocenters. The van der Waals surface area contributed by atoms with Crippen LogP contribution in [0.25, 0.3) is 10.2 Å². The number of ketones is 1. The number of thiophene rings is 1. The van der Waals surface area contributed by atoms with Crippen molar-refractivity contribution in [1.82, 2.24) is 25.1 Å². The van der Waals surface area contributed by atoms with E-state index in [2.05, 4.69) is 36.8 Å². The van der Waals surface area contributed by atoms with Crippen molar-refractivity contribution in [3.05, 3.63) is 23.2 Å². The van der Waals surface area contributed by atoms with Gasteiger partial charge in [0, 0.05) is 49.5 Å². The monoisotopic (exact) mass is 453 g/mol. The largest absolute Gasteiger partial charge is 0.374 e. The quantitative estimate of drug-likeness (QED) is 0.510. The SMILES string of the molecule is CCOCC(=O)CN1C[C@@H]2C[C@@H]1CN2c1nc(Nc2cc(C3CC3)[nH]n2)c2sccc2n1. The molecule has 0 spiro atoms. The molecule has 9 nitrogen and oxygen atoms in total. The van der Waals surface area contributed by atoms with Crippen LogP contribution in [0.4, 0.5) is 17.6 Å². The number of piperazine rings is 1. The van der Waals surface area contributed by atoms with Gasteiger partial charge in [0.1, 0.15) is 6.61 Å². The van der Waals surface area contributed by atoms with Crippen molar-refractivity contribution in [2.45, 2.75) is 44.2 Å². The molecule has 0 amide bonds. The second-order valence-electron chi connectivity index (χ2n) is 8.92. The number of aromatic nitrogens is 4. The Morgan fingerprint density at radius 1 is 1.31 bits per heavy atom. The van der Waals surface area contributed by atoms with E-state index in [-0.39, 0.29) is 12.4 Å². The molecule has 10 heteroatoms. The van der Waals surface area contributed by atoms with Gasteiger partial charge in [-0.3, -0.25) is 14.8 Å². The van der Waals surface area contributed by atoms with Crippen LogP contribution in [0.2, 0.25) is 0 Å². The van der Waals surface area contributed by atoms with E-state index in [0.29, 0.717) is 31.2 Å². The van der Waals surface area contributed by atoms with Gasteiger partial charge >= 0.3 is 0 Å². The third-order valence-corrected chi connectivity index (χ3v) is 7.52. The normalized spacial score (nSPS) is 22.8. The van der Waals surface area contributed by atoms with Gasteiger partial charge in [0.25, 0.3) is 0 Å². The summed E-state index contributed by atoms with van der Waals surface area (Å²) in [6, 6.07) is 4.82. The Labute approximate surface area is 190 Å². The first-order valence-electron chi connectivity index (χ1n) is 11.4. The van der Waals surface area contributed by atoms with Crippen LogP contribution >= 0.6 is 11.3 Å². The third-order valence-electron chi connectivity index (χ3n) is 6.61. The molecule has 0 aromatic carbocycles. The molecule has 1 aliphatic carbocycles. The Morgan fingerprint density at radius 3 is 3.00 bits per heavy atom. The van der Waals surface area contributed by atoms with Crippen LogP contribution < -0.4 is 10.2 Å². The summed E-state index contributed by atoms with van der Waals surface area (Å²) in [6.07, 6.45) is 3.51. The second kappa shape index (κ2) is 8.09. The minimum Gasteiger partial charge on any atom is -0.374 e. The first kappa shape index (κ1) is 20.1. The van der Waals surface area contributed by atoms with E-state index < -0.39 is 0 Å². The van der Waals surface area contributed by atoms with Gasteiger partial charge in [-0.15, -0.1) is 11.3 Å². The number of carbonyl (C=O) groups excluding carboxylic acids is 1. The number of rotatable bonds is 9. The van der Waals surface area contributed by atoms with Gasteiger partial charge in [0.15, 0.2) is 17.4 Å². The Balaban J connectivity index is 1.19. The second-order valence-corrected chi connectivity index (χ2v) is 9.83. The fourth-order valence-electron chi connectivity index (χ4n) is 4.87. The Bertz CT molecular complexity index is 1140. The molecular weight excluding hydrogens is 426 g/mol. The molecule has 5 heterocycles. The molecule has 2 atom stereocenters. The maximum Gasteiger partial charge on any atom is 0.228 e. The standard InChI is InChI=1S/C22H27N7O2S/c1-2-31-12-16(30)11-28-9-15-7-14(28)10-29(15)22-23-17-5-6-32-20(17)21(25-22)24-19-8-18(26-27-19)13-3-4-13/h5-6,8,13-15H,2-4,7,9-12H2,1H3,(H2,23,24,25,26,27)/t14-,15+/m1/s1. The molecule has 168 valence electrons. The lowest BCUT2D eigenvalue weighted by molar-refractivity contribution is -0.124. The highest BCUT2D eigenvalue weighted by molar-refractivity contribution is 7.17. The molecule has 2 saturated heterocycles. The van der Waals surface area contributed by atoms with Crippen LogP contribution in [0.15, 0.2) is 17.5 Å². The van der Waals surface area contributed by atoms with E-state index in [1.807, 2.05) is 13.0 Å². The number of Topliss-reactive ketones (excluding diaryl/α,β-unsaturated/α-hetero) is 1. The van der Waals surface area contributed by atoms with E-state index in [4.69, 9.17) is 14.7 Å². The molecule has 3 fully saturated rings. The number of H-pyrrole nitrogens is 1. The van der Waals surface area contributed by atoms with E-state index in [1.165, 1.54) is 18.5 Å². The maximum atomic E-state index is 12.1. The van der Waals surface area contributed by atoms with E-state index >= 15 is 0 Å². The van der Waals surface area contributed by atoms with Gasteiger partial charge in [0.2, 0.25) is 5.95 Å². The van der Waals surface area contributed by atoms with E-state index in [0.717, 1.165) is 47.3 Å². The molecule has 3 aromatic rings. The number of hydrogen-bond donors (Lipinski definition) is 2. The van der Waals surface area contributed by atoms with Crippen LogP contribution in [0.5, 0.6) is 0 Å².